The molecule has 3 amide bonds. The van der Waals surface area contributed by atoms with E-state index in [-0.39, 0.29) is 6.54 Å². The molecule has 0 aliphatic carbocycles. The van der Waals surface area contributed by atoms with Crippen molar-refractivity contribution in [1.29, 1.82) is 0 Å². The highest BCUT2D eigenvalue weighted by atomic mass is 16.4. The van der Waals surface area contributed by atoms with E-state index < -0.39 is 30.4 Å². The maximum atomic E-state index is 11.8. The van der Waals surface area contributed by atoms with Gasteiger partial charge in [0.25, 0.3) is 0 Å². The lowest BCUT2D eigenvalue weighted by Gasteiger charge is -2.20. The molecule has 0 unspecified atom stereocenters. The van der Waals surface area contributed by atoms with Gasteiger partial charge in [-0.1, -0.05) is 0 Å². The quantitative estimate of drug-likeness (QED) is 0.680. The van der Waals surface area contributed by atoms with Crippen LogP contribution in [0, 0.1) is 6.92 Å². The number of carbonyl (C=O) groups is 3. The van der Waals surface area contributed by atoms with Gasteiger partial charge in [0.1, 0.15) is 11.8 Å². The van der Waals surface area contributed by atoms with E-state index in [2.05, 4.69) is 5.32 Å². The van der Waals surface area contributed by atoms with Crippen molar-refractivity contribution in [1.82, 2.24) is 10.2 Å². The predicted molar refractivity (Wildman–Crippen MR) is 68.7 cm³/mol. The van der Waals surface area contributed by atoms with E-state index in [4.69, 9.17) is 15.3 Å². The summed E-state index contributed by atoms with van der Waals surface area (Å²) in [5.74, 6) is -1.44. The van der Waals surface area contributed by atoms with Crippen molar-refractivity contribution in [3.05, 3.63) is 23.7 Å². The predicted octanol–water partition coefficient (Wildman–Crippen LogP) is 0.0580. The van der Waals surface area contributed by atoms with E-state index in [0.29, 0.717) is 5.76 Å². The molecule has 0 aliphatic rings. The van der Waals surface area contributed by atoms with Gasteiger partial charge in [0.05, 0.1) is 19.2 Å². The van der Waals surface area contributed by atoms with E-state index >= 15 is 0 Å². The molecule has 0 spiro atoms. The van der Waals surface area contributed by atoms with Crippen LogP contribution in [0.1, 0.15) is 17.7 Å². The lowest BCUT2D eigenvalue weighted by molar-refractivity contribution is -0.140. The van der Waals surface area contributed by atoms with Crippen molar-refractivity contribution < 1.29 is 23.9 Å². The Bertz CT molecular complexity index is 511. The van der Waals surface area contributed by atoms with Gasteiger partial charge in [-0.15, -0.1) is 0 Å². The van der Waals surface area contributed by atoms with Crippen LogP contribution in [0.5, 0.6) is 0 Å². The van der Waals surface area contributed by atoms with E-state index in [1.807, 2.05) is 0 Å². The largest absolute Gasteiger partial charge is 0.480 e. The van der Waals surface area contributed by atoms with Crippen LogP contribution in [0.4, 0.5) is 4.79 Å². The van der Waals surface area contributed by atoms with Crippen LogP contribution in [0.25, 0.3) is 0 Å². The highest BCUT2D eigenvalue weighted by molar-refractivity contribution is 5.87. The van der Waals surface area contributed by atoms with Crippen LogP contribution in [0.3, 0.4) is 0 Å². The first kappa shape index (κ1) is 15.5. The standard InChI is InChI=1S/C12H17N3O5/c1-7-8(3-4-20-7)6-15(2)12(19)14-9(11(17)18)5-10(13)16/h3-4,9H,5-6H2,1-2H3,(H2,13,16)(H,14,19)(H,17,18)/t9-/m1/s1. The molecule has 0 bridgehead atoms. The Morgan fingerprint density at radius 3 is 2.60 bits per heavy atom. The van der Waals surface area contributed by atoms with Gasteiger partial charge in [-0.2, -0.15) is 0 Å². The van der Waals surface area contributed by atoms with Crippen molar-refractivity contribution in [2.75, 3.05) is 7.05 Å². The molecular formula is C12H17N3O5. The molecule has 1 heterocycles. The van der Waals surface area contributed by atoms with E-state index in [9.17, 15) is 14.4 Å². The summed E-state index contributed by atoms with van der Waals surface area (Å²) in [5, 5.41) is 11.1. The molecule has 0 saturated heterocycles. The van der Waals surface area contributed by atoms with Gasteiger partial charge in [-0.3, -0.25) is 4.79 Å². The zero-order valence-electron chi connectivity index (χ0n) is 11.3. The molecule has 0 fully saturated rings. The third-order valence-corrected chi connectivity index (χ3v) is 2.72. The van der Waals surface area contributed by atoms with Crippen LogP contribution in [-0.4, -0.2) is 41.0 Å². The minimum atomic E-state index is -1.34. The lowest BCUT2D eigenvalue weighted by Crippen LogP contribution is -2.48. The minimum absolute atomic E-state index is 0.261. The Labute approximate surface area is 115 Å². The molecule has 1 rings (SSSR count). The number of nitrogens with two attached hydrogens (primary N) is 1. The van der Waals surface area contributed by atoms with E-state index in [0.717, 1.165) is 5.56 Å². The van der Waals surface area contributed by atoms with Gasteiger partial charge >= 0.3 is 12.0 Å². The monoisotopic (exact) mass is 283 g/mol. The fourth-order valence-electron chi connectivity index (χ4n) is 1.56. The van der Waals surface area contributed by atoms with E-state index in [1.165, 1.54) is 18.2 Å². The number of urea groups is 1. The van der Waals surface area contributed by atoms with Crippen molar-refractivity contribution in [3.63, 3.8) is 0 Å². The zero-order valence-corrected chi connectivity index (χ0v) is 11.3. The van der Waals surface area contributed by atoms with Crippen LogP contribution in [-0.2, 0) is 16.1 Å². The Morgan fingerprint density at radius 2 is 2.15 bits per heavy atom. The fourth-order valence-corrected chi connectivity index (χ4v) is 1.56. The molecule has 8 heteroatoms. The highest BCUT2D eigenvalue weighted by Gasteiger charge is 2.23. The third kappa shape index (κ3) is 4.30. The Hall–Kier alpha value is -2.51. The summed E-state index contributed by atoms with van der Waals surface area (Å²) in [6.07, 6.45) is 1.04. The molecule has 0 radical (unpaired) electrons. The number of nitrogens with zero attached hydrogens (tertiary/aromatic N) is 1. The number of aliphatic carboxylic acids is 1. The minimum Gasteiger partial charge on any atom is -0.480 e. The van der Waals surface area contributed by atoms with Crippen molar-refractivity contribution in [2.45, 2.75) is 25.9 Å². The summed E-state index contributed by atoms with van der Waals surface area (Å²) in [6, 6.07) is -0.232. The highest BCUT2D eigenvalue weighted by Crippen LogP contribution is 2.11. The van der Waals surface area contributed by atoms with Gasteiger partial charge in [0.15, 0.2) is 0 Å². The van der Waals surface area contributed by atoms with Gasteiger partial charge in [0.2, 0.25) is 5.91 Å². The number of carbonyl (C=O) groups excluding carboxylic acids is 2. The SMILES string of the molecule is Cc1occc1CN(C)C(=O)N[C@H](CC(N)=O)C(=O)O. The second-order valence-electron chi connectivity index (χ2n) is 4.37. The number of furan rings is 1. The number of hydrogen-bond donors (Lipinski definition) is 3. The first-order chi connectivity index (χ1) is 9.31. The smallest absolute Gasteiger partial charge is 0.326 e. The Balaban J connectivity index is 2.62. The molecule has 1 atom stereocenters. The molecule has 1 aromatic rings. The molecule has 0 aromatic carbocycles. The molecule has 1 aromatic heterocycles. The number of amides is 3. The second-order valence-corrected chi connectivity index (χ2v) is 4.37. The summed E-state index contributed by atoms with van der Waals surface area (Å²) in [5.41, 5.74) is 5.74. The molecule has 0 aliphatic heterocycles. The average molecular weight is 283 g/mol. The summed E-state index contributed by atoms with van der Waals surface area (Å²) < 4.78 is 5.10. The van der Waals surface area contributed by atoms with Crippen LogP contribution in [0.15, 0.2) is 16.7 Å². The number of rotatable bonds is 6. The second kappa shape index (κ2) is 6.60. The molecule has 4 N–H and O–H groups in total. The molecular weight excluding hydrogens is 266 g/mol. The number of carboxylic acid groups (broad SMARTS) is 1. The molecule has 8 nitrogen and oxygen atoms in total. The number of aryl methyl sites for hydroxylation is 1. The summed E-state index contributed by atoms with van der Waals surface area (Å²) in [6.45, 7) is 2.02. The van der Waals surface area contributed by atoms with Crippen molar-refractivity contribution in [2.24, 2.45) is 5.73 Å². The van der Waals surface area contributed by atoms with Gasteiger partial charge in [-0.25, -0.2) is 9.59 Å². The van der Waals surface area contributed by atoms with Crippen molar-refractivity contribution >= 4 is 17.9 Å². The van der Waals surface area contributed by atoms with Crippen LogP contribution >= 0.6 is 0 Å². The summed E-state index contributed by atoms with van der Waals surface area (Å²) >= 11 is 0. The zero-order chi connectivity index (χ0) is 15.3. The first-order valence-electron chi connectivity index (χ1n) is 5.87. The van der Waals surface area contributed by atoms with Gasteiger partial charge in [-0.05, 0) is 13.0 Å². The molecule has 0 saturated carbocycles. The van der Waals surface area contributed by atoms with E-state index in [1.54, 1.807) is 13.0 Å². The Kier molecular flexibility index (Phi) is 5.13. The maximum absolute atomic E-state index is 11.8. The normalized spacial score (nSPS) is 11.7. The number of primary amides is 1. The molecule has 20 heavy (non-hydrogen) atoms. The number of hydrogen-bond acceptors (Lipinski definition) is 4. The summed E-state index contributed by atoms with van der Waals surface area (Å²) in [4.78, 5) is 34.8. The van der Waals surface area contributed by atoms with Crippen LogP contribution < -0.4 is 11.1 Å². The maximum Gasteiger partial charge on any atom is 0.326 e. The first-order valence-corrected chi connectivity index (χ1v) is 5.87. The average Bonchev–Trinajstić information content (AvgIpc) is 2.73. The number of carboxylic acids is 1. The van der Waals surface area contributed by atoms with Crippen molar-refractivity contribution in [3.8, 4) is 0 Å². The van der Waals surface area contributed by atoms with Gasteiger partial charge in [0, 0.05) is 12.6 Å². The topological polar surface area (TPSA) is 126 Å². The third-order valence-electron chi connectivity index (χ3n) is 2.72. The molecule has 110 valence electrons. The fraction of sp³-hybridized carbons (Fsp3) is 0.417. The Morgan fingerprint density at radius 1 is 1.50 bits per heavy atom. The van der Waals surface area contributed by atoms with Crippen LogP contribution in [0.2, 0.25) is 0 Å². The van der Waals surface area contributed by atoms with Gasteiger partial charge < -0.3 is 25.5 Å². The lowest BCUT2D eigenvalue weighted by atomic mass is 10.2. The number of nitrogens with one attached hydrogen (secondary N) is 1. The summed E-state index contributed by atoms with van der Waals surface area (Å²) in [7, 11) is 1.50.